The minimum atomic E-state index is -0.888. The second-order valence-corrected chi connectivity index (χ2v) is 7.55. The number of hydrogen-bond donors (Lipinski definition) is 0. The van der Waals surface area contributed by atoms with Crippen LogP contribution in [0.1, 0.15) is 54.9 Å². The molecule has 2 amide bonds. The lowest BCUT2D eigenvalue weighted by Crippen LogP contribution is -2.37. The van der Waals surface area contributed by atoms with Crippen molar-refractivity contribution in [1.82, 2.24) is 4.90 Å². The molecular formula is C16H25NO6. The van der Waals surface area contributed by atoms with Gasteiger partial charge in [0.25, 0.3) is 11.8 Å². The van der Waals surface area contributed by atoms with Crippen molar-refractivity contribution in [1.29, 1.82) is 0 Å². The van der Waals surface area contributed by atoms with E-state index in [4.69, 9.17) is 4.89 Å². The molecule has 0 saturated heterocycles. The molecule has 0 aromatic heterocycles. The molecule has 0 radical (unpaired) electrons. The van der Waals surface area contributed by atoms with Crippen molar-refractivity contribution in [3.63, 3.8) is 0 Å². The molecule has 1 aliphatic rings. The van der Waals surface area contributed by atoms with Crippen LogP contribution in [0.2, 0.25) is 0 Å². The zero-order valence-electron chi connectivity index (χ0n) is 14.8. The largest absolute Gasteiger partial charge is 0.365 e. The third-order valence-corrected chi connectivity index (χ3v) is 3.32. The second kappa shape index (κ2) is 6.80. The first kappa shape index (κ1) is 19.3. The van der Waals surface area contributed by atoms with Crippen LogP contribution < -0.4 is 0 Å². The highest BCUT2D eigenvalue weighted by Crippen LogP contribution is 2.29. The van der Waals surface area contributed by atoms with E-state index < -0.39 is 29.9 Å². The monoisotopic (exact) mass is 327 g/mol. The molecule has 0 saturated carbocycles. The number of hydrogen-bond acceptors (Lipinski definition) is 6. The summed E-state index contributed by atoms with van der Waals surface area (Å²) in [7, 11) is 0. The molecule has 1 rings (SSSR count). The summed E-state index contributed by atoms with van der Waals surface area (Å²) >= 11 is 0. The average Bonchev–Trinajstić information content (AvgIpc) is 2.53. The lowest BCUT2D eigenvalue weighted by Gasteiger charge is -2.29. The summed E-state index contributed by atoms with van der Waals surface area (Å²) in [4.78, 5) is 45.7. The fourth-order valence-corrected chi connectivity index (χ4v) is 2.57. The van der Waals surface area contributed by atoms with Gasteiger partial charge in [-0.1, -0.05) is 20.8 Å². The smallest absolute Gasteiger partial charge is 0.269 e. The van der Waals surface area contributed by atoms with Gasteiger partial charge in [0.05, 0.1) is 0 Å². The number of amides is 2. The highest BCUT2D eigenvalue weighted by Gasteiger charge is 2.35. The Balaban J connectivity index is 2.45. The van der Waals surface area contributed by atoms with Crippen LogP contribution >= 0.6 is 0 Å². The number of nitrogens with zero attached hydrogens (tertiary/aromatic N) is 1. The van der Waals surface area contributed by atoms with E-state index in [2.05, 4.69) is 9.93 Å². The SMILES string of the molecule is CC1=C(C)C(=O)N(CC(=O)OOOC(C)(C)CC(C)(C)C)C1=O. The first-order chi connectivity index (χ1) is 10.3. The lowest BCUT2D eigenvalue weighted by atomic mass is 9.84. The predicted octanol–water partition coefficient (Wildman–Crippen LogP) is 2.31. The third-order valence-electron chi connectivity index (χ3n) is 3.32. The van der Waals surface area contributed by atoms with Crippen molar-refractivity contribution in [3.8, 4) is 0 Å². The summed E-state index contributed by atoms with van der Waals surface area (Å²) < 4.78 is 0. The molecule has 0 unspecified atom stereocenters. The molecule has 1 aliphatic heterocycles. The Bertz CT molecular complexity index is 517. The maximum atomic E-state index is 11.8. The van der Waals surface area contributed by atoms with Gasteiger partial charge in [0.2, 0.25) is 0 Å². The third kappa shape index (κ3) is 5.44. The van der Waals surface area contributed by atoms with Gasteiger partial charge in [-0.3, -0.25) is 19.4 Å². The summed E-state index contributed by atoms with van der Waals surface area (Å²) in [5.41, 5.74) is -0.00372. The Morgan fingerprint density at radius 2 is 1.48 bits per heavy atom. The number of carbonyl (C=O) groups excluding carboxylic acids is 3. The van der Waals surface area contributed by atoms with Crippen LogP contribution in [0.15, 0.2) is 11.1 Å². The van der Waals surface area contributed by atoms with E-state index in [0.717, 1.165) is 4.90 Å². The zero-order chi connectivity index (χ0) is 18.0. The Labute approximate surface area is 136 Å². The average molecular weight is 327 g/mol. The molecule has 0 aromatic carbocycles. The van der Waals surface area contributed by atoms with Gasteiger partial charge in [0.1, 0.15) is 12.1 Å². The van der Waals surface area contributed by atoms with Gasteiger partial charge in [-0.05, 0) is 44.6 Å². The molecule has 1 heterocycles. The molecular weight excluding hydrogens is 302 g/mol. The molecule has 23 heavy (non-hydrogen) atoms. The first-order valence-electron chi connectivity index (χ1n) is 7.43. The van der Waals surface area contributed by atoms with Crippen LogP contribution in [0.3, 0.4) is 0 Å². The van der Waals surface area contributed by atoms with E-state index in [0.29, 0.717) is 17.6 Å². The number of rotatable bonds is 6. The van der Waals surface area contributed by atoms with Crippen molar-refractivity contribution >= 4 is 17.8 Å². The van der Waals surface area contributed by atoms with Crippen LogP contribution in [-0.4, -0.2) is 34.8 Å². The van der Waals surface area contributed by atoms with Crippen molar-refractivity contribution < 1.29 is 29.2 Å². The Hall–Kier alpha value is -1.73. The summed E-state index contributed by atoms with van der Waals surface area (Å²) in [5.74, 6) is -1.89. The molecule has 0 N–H and O–H groups in total. The molecule has 0 aliphatic carbocycles. The maximum absolute atomic E-state index is 11.8. The summed E-state index contributed by atoms with van der Waals surface area (Å²) in [6.07, 6.45) is 0.670. The minimum Gasteiger partial charge on any atom is -0.269 e. The first-order valence-corrected chi connectivity index (χ1v) is 7.43. The van der Waals surface area contributed by atoms with Crippen LogP contribution in [0.5, 0.6) is 0 Å². The molecule has 0 fully saturated rings. The minimum absolute atomic E-state index is 0.00593. The predicted molar refractivity (Wildman–Crippen MR) is 81.5 cm³/mol. The Morgan fingerprint density at radius 3 is 1.91 bits per heavy atom. The topological polar surface area (TPSA) is 82.1 Å². The normalized spacial score (nSPS) is 16.4. The van der Waals surface area contributed by atoms with Gasteiger partial charge in [-0.2, -0.15) is 4.89 Å². The lowest BCUT2D eigenvalue weighted by molar-refractivity contribution is -0.518. The molecule has 0 atom stereocenters. The van der Waals surface area contributed by atoms with Gasteiger partial charge in [0.15, 0.2) is 0 Å². The molecule has 0 bridgehead atoms. The molecule has 0 aromatic rings. The molecule has 7 heteroatoms. The highest BCUT2D eigenvalue weighted by molar-refractivity contribution is 6.19. The van der Waals surface area contributed by atoms with Crippen molar-refractivity contribution in [3.05, 3.63) is 11.1 Å². The van der Waals surface area contributed by atoms with E-state index in [1.807, 2.05) is 20.8 Å². The van der Waals surface area contributed by atoms with Crippen molar-refractivity contribution in [2.45, 2.75) is 60.5 Å². The van der Waals surface area contributed by atoms with E-state index in [-0.39, 0.29) is 5.41 Å². The highest BCUT2D eigenvalue weighted by atomic mass is 17.5. The van der Waals surface area contributed by atoms with Gasteiger partial charge in [-0.25, -0.2) is 4.79 Å². The van der Waals surface area contributed by atoms with E-state index in [1.54, 1.807) is 13.8 Å². The van der Waals surface area contributed by atoms with Crippen molar-refractivity contribution in [2.75, 3.05) is 6.54 Å². The zero-order valence-corrected chi connectivity index (χ0v) is 14.8. The Morgan fingerprint density at radius 1 is 1.00 bits per heavy atom. The van der Waals surface area contributed by atoms with E-state index in [9.17, 15) is 14.4 Å². The van der Waals surface area contributed by atoms with Crippen LogP contribution in [0, 0.1) is 5.41 Å². The second-order valence-electron chi connectivity index (χ2n) is 7.55. The van der Waals surface area contributed by atoms with E-state index in [1.165, 1.54) is 13.8 Å². The summed E-state index contributed by atoms with van der Waals surface area (Å²) in [6.45, 7) is 12.3. The van der Waals surface area contributed by atoms with Gasteiger partial charge >= 0.3 is 5.97 Å². The molecule has 130 valence electrons. The Kier molecular flexibility index (Phi) is 5.71. The van der Waals surface area contributed by atoms with E-state index >= 15 is 0 Å². The maximum Gasteiger partial charge on any atom is 0.365 e. The fraction of sp³-hybridized carbons (Fsp3) is 0.688. The van der Waals surface area contributed by atoms with Crippen LogP contribution in [0.25, 0.3) is 0 Å². The summed E-state index contributed by atoms with van der Waals surface area (Å²) in [6, 6.07) is 0. The number of carbonyl (C=O) groups is 3. The van der Waals surface area contributed by atoms with Crippen LogP contribution in [-0.2, 0) is 29.2 Å². The molecule has 7 nitrogen and oxygen atoms in total. The quantitative estimate of drug-likeness (QED) is 0.423. The van der Waals surface area contributed by atoms with Gasteiger partial charge in [-0.15, -0.1) is 0 Å². The summed E-state index contributed by atoms with van der Waals surface area (Å²) in [5, 5.41) is 4.53. The van der Waals surface area contributed by atoms with Crippen LogP contribution in [0.4, 0.5) is 0 Å². The van der Waals surface area contributed by atoms with Gasteiger partial charge in [0, 0.05) is 11.1 Å². The standard InChI is InChI=1S/C16H25NO6/c1-10-11(2)14(20)17(13(10)19)8-12(18)21-23-22-16(6,7)9-15(3,4)5/h8-9H2,1-7H3. The van der Waals surface area contributed by atoms with Gasteiger partial charge < -0.3 is 0 Å². The van der Waals surface area contributed by atoms with Crippen molar-refractivity contribution in [2.24, 2.45) is 5.41 Å². The molecule has 0 spiro atoms. The fourth-order valence-electron chi connectivity index (χ4n) is 2.57. The number of imide groups is 1.